The molecule has 2 rings (SSSR count). The fourth-order valence-electron chi connectivity index (χ4n) is 3.38. The van der Waals surface area contributed by atoms with Crippen molar-refractivity contribution >= 4 is 11.9 Å². The van der Waals surface area contributed by atoms with Crippen LogP contribution < -0.4 is 16.4 Å². The Balaban J connectivity index is 1.73. The Morgan fingerprint density at radius 3 is 2.44 bits per heavy atom. The van der Waals surface area contributed by atoms with Crippen molar-refractivity contribution in [2.45, 2.75) is 39.2 Å². The summed E-state index contributed by atoms with van der Waals surface area (Å²) in [4.78, 5) is 17.4. The highest BCUT2D eigenvalue weighted by atomic mass is 16.1. The van der Waals surface area contributed by atoms with Crippen LogP contribution in [0.1, 0.15) is 29.5 Å². The Labute approximate surface area is 150 Å². The third kappa shape index (κ3) is 6.74. The van der Waals surface area contributed by atoms with E-state index in [9.17, 15) is 4.79 Å². The molecule has 1 amide bonds. The van der Waals surface area contributed by atoms with Crippen molar-refractivity contribution in [2.75, 3.05) is 33.2 Å². The average Bonchev–Trinajstić information content (AvgIpc) is 2.54. The highest BCUT2D eigenvalue weighted by molar-refractivity contribution is 5.80. The number of aliphatic imine (C=N–C) groups is 1. The largest absolute Gasteiger partial charge is 0.369 e. The van der Waals surface area contributed by atoms with Gasteiger partial charge in [0.2, 0.25) is 5.91 Å². The van der Waals surface area contributed by atoms with E-state index in [0.717, 1.165) is 44.9 Å². The average molecular weight is 345 g/mol. The second-order valence-electron chi connectivity index (χ2n) is 6.91. The van der Waals surface area contributed by atoms with Crippen LogP contribution in [0.15, 0.2) is 23.2 Å². The Morgan fingerprint density at radius 2 is 1.88 bits per heavy atom. The normalized spacial score (nSPS) is 16.7. The van der Waals surface area contributed by atoms with Gasteiger partial charge >= 0.3 is 0 Å². The summed E-state index contributed by atoms with van der Waals surface area (Å²) in [6.45, 7) is 7.25. The fraction of sp³-hybridized carbons (Fsp3) is 0.579. The molecule has 6 nitrogen and oxygen atoms in total. The number of benzene rings is 1. The first-order chi connectivity index (χ1) is 12.0. The second kappa shape index (κ2) is 9.42. The summed E-state index contributed by atoms with van der Waals surface area (Å²) < 4.78 is 0. The van der Waals surface area contributed by atoms with Gasteiger partial charge in [-0.3, -0.25) is 14.7 Å². The molecule has 4 N–H and O–H groups in total. The Kier molecular flexibility index (Phi) is 7.25. The van der Waals surface area contributed by atoms with Crippen LogP contribution in [0.5, 0.6) is 0 Å². The van der Waals surface area contributed by atoms with Gasteiger partial charge < -0.3 is 16.4 Å². The van der Waals surface area contributed by atoms with Gasteiger partial charge in [0.25, 0.3) is 0 Å². The van der Waals surface area contributed by atoms with E-state index in [2.05, 4.69) is 52.6 Å². The molecule has 1 heterocycles. The zero-order chi connectivity index (χ0) is 18.2. The molecule has 0 radical (unpaired) electrons. The fourth-order valence-corrected chi connectivity index (χ4v) is 3.38. The number of nitrogens with one attached hydrogen (secondary N) is 2. The van der Waals surface area contributed by atoms with Gasteiger partial charge in [-0.15, -0.1) is 0 Å². The van der Waals surface area contributed by atoms with Crippen LogP contribution in [-0.4, -0.2) is 56.0 Å². The molecule has 138 valence electrons. The smallest absolute Gasteiger partial charge is 0.231 e. The molecule has 1 aromatic carbocycles. The maximum atomic E-state index is 11.0. The molecule has 1 aromatic rings. The SMILES string of the molecule is CN=C(NCCc1cc(C)cc(C)c1)NC1CCN(CC(N)=O)CC1. The van der Waals surface area contributed by atoms with Crippen LogP contribution >= 0.6 is 0 Å². The van der Waals surface area contributed by atoms with Crippen LogP contribution in [0.3, 0.4) is 0 Å². The first-order valence-corrected chi connectivity index (χ1v) is 9.01. The van der Waals surface area contributed by atoms with E-state index in [1.807, 2.05) is 0 Å². The van der Waals surface area contributed by atoms with Gasteiger partial charge in [-0.2, -0.15) is 0 Å². The lowest BCUT2D eigenvalue weighted by Crippen LogP contribution is -2.50. The highest BCUT2D eigenvalue weighted by Gasteiger charge is 2.20. The van der Waals surface area contributed by atoms with E-state index in [1.54, 1.807) is 7.05 Å². The van der Waals surface area contributed by atoms with Gasteiger partial charge in [0.05, 0.1) is 6.54 Å². The number of likely N-dealkylation sites (tertiary alicyclic amines) is 1. The molecule has 1 aliphatic heterocycles. The maximum Gasteiger partial charge on any atom is 0.231 e. The minimum Gasteiger partial charge on any atom is -0.369 e. The lowest BCUT2D eigenvalue weighted by Gasteiger charge is -2.32. The summed E-state index contributed by atoms with van der Waals surface area (Å²) in [6, 6.07) is 7.05. The second-order valence-corrected chi connectivity index (χ2v) is 6.91. The molecule has 1 aliphatic rings. The Hall–Kier alpha value is -2.08. The zero-order valence-electron chi connectivity index (χ0n) is 15.6. The van der Waals surface area contributed by atoms with Crippen molar-refractivity contribution in [1.29, 1.82) is 0 Å². The molecule has 1 saturated heterocycles. The zero-order valence-corrected chi connectivity index (χ0v) is 15.6. The summed E-state index contributed by atoms with van der Waals surface area (Å²) in [5.41, 5.74) is 9.22. The van der Waals surface area contributed by atoms with Crippen LogP contribution in [0.25, 0.3) is 0 Å². The van der Waals surface area contributed by atoms with Gasteiger partial charge in [0.15, 0.2) is 5.96 Å². The number of hydrogen-bond donors (Lipinski definition) is 3. The number of carbonyl (C=O) groups is 1. The lowest BCUT2D eigenvalue weighted by atomic mass is 10.0. The van der Waals surface area contributed by atoms with Gasteiger partial charge in [0.1, 0.15) is 0 Å². The molecular weight excluding hydrogens is 314 g/mol. The molecule has 0 bridgehead atoms. The van der Waals surface area contributed by atoms with E-state index in [-0.39, 0.29) is 5.91 Å². The molecule has 25 heavy (non-hydrogen) atoms. The molecule has 0 atom stereocenters. The van der Waals surface area contributed by atoms with Crippen LogP contribution in [0, 0.1) is 13.8 Å². The number of carbonyl (C=O) groups excluding carboxylic acids is 1. The van der Waals surface area contributed by atoms with Crippen molar-refractivity contribution in [3.05, 3.63) is 34.9 Å². The third-order valence-electron chi connectivity index (χ3n) is 4.52. The molecular formula is C19H31N5O. The number of rotatable bonds is 6. The van der Waals surface area contributed by atoms with Crippen molar-refractivity contribution in [3.63, 3.8) is 0 Å². The number of nitrogens with two attached hydrogens (primary N) is 1. The molecule has 0 saturated carbocycles. The van der Waals surface area contributed by atoms with Gasteiger partial charge in [-0.05, 0) is 38.7 Å². The van der Waals surface area contributed by atoms with Gasteiger partial charge in [-0.1, -0.05) is 29.3 Å². The van der Waals surface area contributed by atoms with Crippen LogP contribution in [0.2, 0.25) is 0 Å². The maximum absolute atomic E-state index is 11.0. The number of hydrogen-bond acceptors (Lipinski definition) is 3. The highest BCUT2D eigenvalue weighted by Crippen LogP contribution is 2.10. The summed E-state index contributed by atoms with van der Waals surface area (Å²) in [5.74, 6) is 0.591. The third-order valence-corrected chi connectivity index (χ3v) is 4.52. The summed E-state index contributed by atoms with van der Waals surface area (Å²) in [7, 11) is 1.80. The van der Waals surface area contributed by atoms with Crippen molar-refractivity contribution in [1.82, 2.24) is 15.5 Å². The molecule has 1 fully saturated rings. The van der Waals surface area contributed by atoms with Gasteiger partial charge in [-0.25, -0.2) is 0 Å². The molecule has 0 aromatic heterocycles. The number of piperidine rings is 1. The molecule has 0 spiro atoms. The Morgan fingerprint density at radius 1 is 1.24 bits per heavy atom. The predicted molar refractivity (Wildman–Crippen MR) is 103 cm³/mol. The first kappa shape index (κ1) is 19.2. The lowest BCUT2D eigenvalue weighted by molar-refractivity contribution is -0.119. The number of aryl methyl sites for hydroxylation is 2. The van der Waals surface area contributed by atoms with E-state index >= 15 is 0 Å². The van der Waals surface area contributed by atoms with E-state index in [0.29, 0.717) is 12.6 Å². The molecule has 6 heteroatoms. The first-order valence-electron chi connectivity index (χ1n) is 9.01. The molecule has 0 aliphatic carbocycles. The summed E-state index contributed by atoms with van der Waals surface area (Å²) >= 11 is 0. The monoisotopic (exact) mass is 345 g/mol. The number of nitrogens with zero attached hydrogens (tertiary/aromatic N) is 2. The predicted octanol–water partition coefficient (Wildman–Crippen LogP) is 0.961. The summed E-state index contributed by atoms with van der Waals surface area (Å²) in [5, 5.41) is 6.88. The quantitative estimate of drug-likeness (QED) is 0.530. The van der Waals surface area contributed by atoms with Gasteiger partial charge in [0, 0.05) is 32.7 Å². The number of amides is 1. The van der Waals surface area contributed by atoms with E-state index in [4.69, 9.17) is 5.73 Å². The Bertz CT molecular complexity index is 586. The minimum atomic E-state index is -0.254. The van der Waals surface area contributed by atoms with Crippen LogP contribution in [-0.2, 0) is 11.2 Å². The van der Waals surface area contributed by atoms with E-state index in [1.165, 1.54) is 16.7 Å². The molecule has 0 unspecified atom stereocenters. The number of guanidine groups is 1. The van der Waals surface area contributed by atoms with Crippen molar-refractivity contribution in [2.24, 2.45) is 10.7 Å². The standard InChI is InChI=1S/C19H31N5O/c1-14-10-15(2)12-16(11-14)4-7-22-19(21-3)23-17-5-8-24(9-6-17)13-18(20)25/h10-12,17H,4-9,13H2,1-3H3,(H2,20,25)(H2,21,22,23). The minimum absolute atomic E-state index is 0.254. The summed E-state index contributed by atoms with van der Waals surface area (Å²) in [6.07, 6.45) is 2.95. The number of primary amides is 1. The van der Waals surface area contributed by atoms with E-state index < -0.39 is 0 Å². The van der Waals surface area contributed by atoms with Crippen molar-refractivity contribution in [3.8, 4) is 0 Å². The topological polar surface area (TPSA) is 82.8 Å². The van der Waals surface area contributed by atoms with Crippen LogP contribution in [0.4, 0.5) is 0 Å². The van der Waals surface area contributed by atoms with Crippen molar-refractivity contribution < 1.29 is 4.79 Å².